The van der Waals surface area contributed by atoms with Crippen LogP contribution in [0.3, 0.4) is 0 Å². The van der Waals surface area contributed by atoms with Crippen molar-refractivity contribution in [1.29, 1.82) is 0 Å². The first-order chi connectivity index (χ1) is 6.21. The van der Waals surface area contributed by atoms with Crippen LogP contribution in [0.5, 0.6) is 0 Å². The molecule has 0 amide bonds. The minimum atomic E-state index is -0.743. The SMILES string of the molecule is NC1(N)c2sccc2-c2ccsc21. The monoisotopic (exact) mass is 208 g/mol. The lowest BCUT2D eigenvalue weighted by atomic mass is 10.2. The second-order valence-electron chi connectivity index (χ2n) is 3.20. The third-order valence-corrected chi connectivity index (χ3v) is 4.50. The Morgan fingerprint density at radius 3 is 1.85 bits per heavy atom. The number of hydrogen-bond acceptors (Lipinski definition) is 4. The number of thiophene rings is 2. The molecule has 0 saturated heterocycles. The number of fused-ring (bicyclic) bond motifs is 3. The van der Waals surface area contributed by atoms with Gasteiger partial charge in [0.15, 0.2) is 0 Å². The van der Waals surface area contributed by atoms with Crippen molar-refractivity contribution in [2.24, 2.45) is 11.5 Å². The molecule has 0 atom stereocenters. The van der Waals surface area contributed by atoms with Crippen molar-refractivity contribution in [3.8, 4) is 11.1 Å². The van der Waals surface area contributed by atoms with Gasteiger partial charge in [-0.3, -0.25) is 0 Å². The predicted molar refractivity (Wildman–Crippen MR) is 56.8 cm³/mol. The highest BCUT2D eigenvalue weighted by Gasteiger charge is 2.39. The first-order valence-corrected chi connectivity index (χ1v) is 5.71. The van der Waals surface area contributed by atoms with Gasteiger partial charge in [0.2, 0.25) is 0 Å². The van der Waals surface area contributed by atoms with Crippen LogP contribution in [0.25, 0.3) is 11.1 Å². The van der Waals surface area contributed by atoms with Crippen LogP contribution in [-0.4, -0.2) is 0 Å². The largest absolute Gasteiger partial charge is 0.304 e. The van der Waals surface area contributed by atoms with Gasteiger partial charge in [0, 0.05) is 11.1 Å². The highest BCUT2D eigenvalue weighted by atomic mass is 32.1. The molecule has 0 spiro atoms. The fourth-order valence-electron chi connectivity index (χ4n) is 1.79. The fourth-order valence-corrected chi connectivity index (χ4v) is 3.74. The molecule has 0 saturated carbocycles. The molecular formula is C9H8N2S2. The summed E-state index contributed by atoms with van der Waals surface area (Å²) in [5.41, 5.74) is 13.9. The molecule has 1 aliphatic carbocycles. The average molecular weight is 208 g/mol. The summed E-state index contributed by atoms with van der Waals surface area (Å²) in [5.74, 6) is 0. The van der Waals surface area contributed by atoms with Gasteiger partial charge in [-0.2, -0.15) is 0 Å². The van der Waals surface area contributed by atoms with E-state index in [0.29, 0.717) is 0 Å². The van der Waals surface area contributed by atoms with Gasteiger partial charge in [0.1, 0.15) is 5.66 Å². The minimum absolute atomic E-state index is 0.743. The summed E-state index contributed by atoms with van der Waals surface area (Å²) >= 11 is 3.27. The summed E-state index contributed by atoms with van der Waals surface area (Å²) in [6.07, 6.45) is 0. The van der Waals surface area contributed by atoms with Gasteiger partial charge in [-0.25, -0.2) is 0 Å². The molecule has 0 aromatic carbocycles. The molecule has 4 N–H and O–H groups in total. The molecular weight excluding hydrogens is 200 g/mol. The van der Waals surface area contributed by atoms with Gasteiger partial charge in [-0.1, -0.05) is 0 Å². The Morgan fingerprint density at radius 2 is 1.38 bits per heavy atom. The Bertz CT molecular complexity index is 425. The highest BCUT2D eigenvalue weighted by Crippen LogP contribution is 2.48. The molecule has 66 valence electrons. The van der Waals surface area contributed by atoms with Gasteiger partial charge < -0.3 is 11.5 Å². The van der Waals surface area contributed by atoms with E-state index in [9.17, 15) is 0 Å². The lowest BCUT2D eigenvalue weighted by Crippen LogP contribution is -2.44. The fraction of sp³-hybridized carbons (Fsp3) is 0.111. The second kappa shape index (κ2) is 2.22. The lowest BCUT2D eigenvalue weighted by Gasteiger charge is -2.17. The number of hydrogen-bond donors (Lipinski definition) is 2. The van der Waals surface area contributed by atoms with E-state index in [1.807, 2.05) is 10.8 Å². The molecule has 2 nitrogen and oxygen atoms in total. The molecule has 4 heteroatoms. The maximum Gasteiger partial charge on any atom is 0.136 e. The maximum absolute atomic E-state index is 6.09. The molecule has 13 heavy (non-hydrogen) atoms. The molecule has 0 radical (unpaired) electrons. The summed E-state index contributed by atoms with van der Waals surface area (Å²) in [5, 5.41) is 4.08. The van der Waals surface area contributed by atoms with E-state index in [2.05, 4.69) is 12.1 Å². The zero-order valence-electron chi connectivity index (χ0n) is 6.78. The van der Waals surface area contributed by atoms with E-state index >= 15 is 0 Å². The summed E-state index contributed by atoms with van der Waals surface area (Å²) in [6, 6.07) is 4.18. The van der Waals surface area contributed by atoms with Gasteiger partial charge >= 0.3 is 0 Å². The highest BCUT2D eigenvalue weighted by molar-refractivity contribution is 7.13. The van der Waals surface area contributed by atoms with Crippen LogP contribution >= 0.6 is 22.7 Å². The number of rotatable bonds is 0. The molecule has 2 heterocycles. The van der Waals surface area contributed by atoms with Crippen molar-refractivity contribution >= 4 is 22.7 Å². The zero-order chi connectivity index (χ0) is 9.05. The van der Waals surface area contributed by atoms with Gasteiger partial charge in [-0.15, -0.1) is 22.7 Å². The number of nitrogens with two attached hydrogens (primary N) is 2. The Hall–Kier alpha value is -0.680. The molecule has 2 aromatic heterocycles. The summed E-state index contributed by atoms with van der Waals surface area (Å²) in [4.78, 5) is 2.18. The van der Waals surface area contributed by atoms with Crippen molar-refractivity contribution in [3.63, 3.8) is 0 Å². The molecule has 0 fully saturated rings. The summed E-state index contributed by atoms with van der Waals surface area (Å²) < 4.78 is 0. The van der Waals surface area contributed by atoms with Gasteiger partial charge in [0.25, 0.3) is 0 Å². The predicted octanol–water partition coefficient (Wildman–Crippen LogP) is 1.91. The quantitative estimate of drug-likeness (QED) is 0.650. The van der Waals surface area contributed by atoms with Crippen LogP contribution in [0.4, 0.5) is 0 Å². The van der Waals surface area contributed by atoms with E-state index in [0.717, 1.165) is 9.75 Å². The Morgan fingerprint density at radius 1 is 0.923 bits per heavy atom. The van der Waals surface area contributed by atoms with Crippen LogP contribution in [0, 0.1) is 0 Å². The smallest absolute Gasteiger partial charge is 0.136 e. The van der Waals surface area contributed by atoms with Crippen LogP contribution in [-0.2, 0) is 5.66 Å². The summed E-state index contributed by atoms with van der Waals surface area (Å²) in [7, 11) is 0. The normalized spacial score (nSPS) is 17.1. The van der Waals surface area contributed by atoms with E-state index in [1.54, 1.807) is 22.7 Å². The molecule has 1 aliphatic rings. The molecule has 0 aliphatic heterocycles. The van der Waals surface area contributed by atoms with Crippen LogP contribution in [0.1, 0.15) is 9.75 Å². The van der Waals surface area contributed by atoms with Crippen molar-refractivity contribution in [3.05, 3.63) is 32.6 Å². The van der Waals surface area contributed by atoms with Crippen LogP contribution < -0.4 is 11.5 Å². The average Bonchev–Trinajstić information content (AvgIpc) is 2.74. The van der Waals surface area contributed by atoms with Gasteiger partial charge in [0.05, 0.1) is 9.75 Å². The van der Waals surface area contributed by atoms with Crippen molar-refractivity contribution in [2.45, 2.75) is 5.66 Å². The topological polar surface area (TPSA) is 52.0 Å². The van der Waals surface area contributed by atoms with E-state index in [1.165, 1.54) is 11.1 Å². The zero-order valence-corrected chi connectivity index (χ0v) is 8.41. The van der Waals surface area contributed by atoms with E-state index in [4.69, 9.17) is 11.5 Å². The second-order valence-corrected chi connectivity index (χ2v) is 5.03. The first kappa shape index (κ1) is 7.70. The molecule has 0 unspecified atom stereocenters. The molecule has 2 aromatic rings. The summed E-state index contributed by atoms with van der Waals surface area (Å²) in [6.45, 7) is 0. The van der Waals surface area contributed by atoms with Crippen LogP contribution in [0.2, 0.25) is 0 Å². The molecule has 3 rings (SSSR count). The first-order valence-electron chi connectivity index (χ1n) is 3.95. The Balaban J connectivity index is 2.44. The van der Waals surface area contributed by atoms with E-state index < -0.39 is 5.66 Å². The van der Waals surface area contributed by atoms with Gasteiger partial charge in [-0.05, 0) is 22.9 Å². The third-order valence-electron chi connectivity index (χ3n) is 2.37. The molecule has 0 bridgehead atoms. The van der Waals surface area contributed by atoms with Crippen molar-refractivity contribution < 1.29 is 0 Å². The van der Waals surface area contributed by atoms with Crippen molar-refractivity contribution in [1.82, 2.24) is 0 Å². The van der Waals surface area contributed by atoms with Crippen molar-refractivity contribution in [2.75, 3.05) is 0 Å². The minimum Gasteiger partial charge on any atom is -0.304 e. The van der Waals surface area contributed by atoms with E-state index in [-0.39, 0.29) is 0 Å². The lowest BCUT2D eigenvalue weighted by molar-refractivity contribution is 0.608. The standard InChI is InChI=1S/C9H8N2S2/c10-9(11)7-5(1-3-12-7)6-2-4-13-8(6)9/h1-4H,10-11H2. The Kier molecular flexibility index (Phi) is 1.31. The maximum atomic E-state index is 6.09. The Labute approximate surface area is 83.8 Å². The third kappa shape index (κ3) is 0.788. The van der Waals surface area contributed by atoms with Crippen LogP contribution in [0.15, 0.2) is 22.9 Å².